The summed E-state index contributed by atoms with van der Waals surface area (Å²) in [5, 5.41) is 4.55. The lowest BCUT2D eigenvalue weighted by Gasteiger charge is -2.11. The molecule has 1 saturated carbocycles. The molecule has 1 fully saturated rings. The number of pyridine rings is 1. The van der Waals surface area contributed by atoms with Crippen LogP contribution in [0.1, 0.15) is 36.9 Å². The molecule has 32 heavy (non-hydrogen) atoms. The molecule has 0 amide bonds. The van der Waals surface area contributed by atoms with Gasteiger partial charge in [0, 0.05) is 17.3 Å². The molecule has 5 rings (SSSR count). The molecular formula is C29H26N2O. The third kappa shape index (κ3) is 4.62. The minimum absolute atomic E-state index is 0.219. The van der Waals surface area contributed by atoms with Crippen LogP contribution in [0.5, 0.6) is 0 Å². The molecule has 0 N–H and O–H groups in total. The molecule has 158 valence electrons. The van der Waals surface area contributed by atoms with Crippen molar-refractivity contribution in [1.82, 2.24) is 4.98 Å². The van der Waals surface area contributed by atoms with Crippen molar-refractivity contribution in [2.45, 2.75) is 31.8 Å². The molecule has 3 aromatic carbocycles. The molecule has 1 aromatic heterocycles. The van der Waals surface area contributed by atoms with Crippen LogP contribution in [0.3, 0.4) is 0 Å². The van der Waals surface area contributed by atoms with Gasteiger partial charge in [-0.25, -0.2) is 0 Å². The summed E-state index contributed by atoms with van der Waals surface area (Å²) < 4.78 is 0. The van der Waals surface area contributed by atoms with Crippen LogP contribution < -0.4 is 0 Å². The second-order valence-electron chi connectivity index (χ2n) is 8.19. The summed E-state index contributed by atoms with van der Waals surface area (Å²) in [5.41, 5.74) is 7.27. The van der Waals surface area contributed by atoms with E-state index in [9.17, 15) is 0 Å². The van der Waals surface area contributed by atoms with Crippen molar-refractivity contribution in [3.05, 3.63) is 115 Å². The minimum atomic E-state index is 0.219. The lowest BCUT2D eigenvalue weighted by atomic mass is 10.0. The number of rotatable bonds is 6. The van der Waals surface area contributed by atoms with Crippen LogP contribution in [-0.2, 0) is 4.84 Å². The van der Waals surface area contributed by atoms with Gasteiger partial charge < -0.3 is 4.84 Å². The van der Waals surface area contributed by atoms with Gasteiger partial charge in [0.05, 0.1) is 5.69 Å². The molecule has 0 spiro atoms. The number of nitrogens with zero attached hydrogens (tertiary/aromatic N) is 2. The van der Waals surface area contributed by atoms with Gasteiger partial charge in [-0.05, 0) is 48.4 Å². The van der Waals surface area contributed by atoms with Crippen LogP contribution in [-0.4, -0.2) is 16.8 Å². The largest absolute Gasteiger partial charge is 0.392 e. The Morgan fingerprint density at radius 3 is 1.84 bits per heavy atom. The summed E-state index contributed by atoms with van der Waals surface area (Å²) in [5.74, 6) is 0. The molecule has 1 aliphatic rings. The normalized spacial score (nSPS) is 14.4. The van der Waals surface area contributed by atoms with E-state index in [4.69, 9.17) is 9.82 Å². The highest BCUT2D eigenvalue weighted by molar-refractivity contribution is 6.11. The number of oxime groups is 1. The van der Waals surface area contributed by atoms with E-state index >= 15 is 0 Å². The number of benzene rings is 3. The van der Waals surface area contributed by atoms with E-state index in [1.807, 2.05) is 36.5 Å². The summed E-state index contributed by atoms with van der Waals surface area (Å²) in [6, 6.07) is 33.3. The Balaban J connectivity index is 1.39. The topological polar surface area (TPSA) is 34.5 Å². The van der Waals surface area contributed by atoms with Crippen molar-refractivity contribution in [3.63, 3.8) is 0 Å². The standard InChI is InChI=1S/C29H26N2O/c1-3-9-22(10-4-1)23-15-17-24(18-16-23)26-19-20-28(30-21-26)29(25-11-5-2-6-12-25)31-32-27-13-7-8-14-27/h1-6,9-12,15-21,27H,7-8,13-14H2/b31-29+. The van der Waals surface area contributed by atoms with Gasteiger partial charge in [0.15, 0.2) is 0 Å². The van der Waals surface area contributed by atoms with Crippen LogP contribution in [0.4, 0.5) is 0 Å². The third-order valence-electron chi connectivity index (χ3n) is 5.97. The van der Waals surface area contributed by atoms with Crippen molar-refractivity contribution >= 4 is 5.71 Å². The molecule has 0 saturated heterocycles. The predicted molar refractivity (Wildman–Crippen MR) is 131 cm³/mol. The number of aromatic nitrogens is 1. The van der Waals surface area contributed by atoms with Crippen LogP contribution in [0.2, 0.25) is 0 Å². The molecule has 0 aliphatic heterocycles. The zero-order valence-corrected chi connectivity index (χ0v) is 18.0. The average molecular weight is 419 g/mol. The van der Waals surface area contributed by atoms with Crippen molar-refractivity contribution in [2.75, 3.05) is 0 Å². The summed E-state index contributed by atoms with van der Waals surface area (Å²) in [7, 11) is 0. The lowest BCUT2D eigenvalue weighted by Crippen LogP contribution is -2.10. The number of hydrogen-bond acceptors (Lipinski definition) is 3. The zero-order chi connectivity index (χ0) is 21.6. The summed E-state index contributed by atoms with van der Waals surface area (Å²) in [6.07, 6.45) is 6.73. The Morgan fingerprint density at radius 1 is 0.656 bits per heavy atom. The lowest BCUT2D eigenvalue weighted by molar-refractivity contribution is 0.0647. The van der Waals surface area contributed by atoms with E-state index in [0.29, 0.717) is 0 Å². The Bertz CT molecular complexity index is 1160. The van der Waals surface area contributed by atoms with E-state index < -0.39 is 0 Å². The maximum Gasteiger partial charge on any atom is 0.135 e. The van der Waals surface area contributed by atoms with Crippen LogP contribution in [0.25, 0.3) is 22.3 Å². The molecule has 4 aromatic rings. The molecule has 3 nitrogen and oxygen atoms in total. The minimum Gasteiger partial charge on any atom is -0.392 e. The fraction of sp³-hybridized carbons (Fsp3) is 0.172. The molecule has 1 aliphatic carbocycles. The maximum absolute atomic E-state index is 5.89. The van der Waals surface area contributed by atoms with E-state index in [1.54, 1.807) is 0 Å². The first-order chi connectivity index (χ1) is 15.9. The Hall–Kier alpha value is -3.72. The summed E-state index contributed by atoms with van der Waals surface area (Å²) >= 11 is 0. The van der Waals surface area contributed by atoms with E-state index in [-0.39, 0.29) is 6.10 Å². The maximum atomic E-state index is 5.89. The van der Waals surface area contributed by atoms with Gasteiger partial charge in [0.1, 0.15) is 11.8 Å². The zero-order valence-electron chi connectivity index (χ0n) is 18.0. The first-order valence-corrected chi connectivity index (χ1v) is 11.3. The first-order valence-electron chi connectivity index (χ1n) is 11.3. The fourth-order valence-electron chi connectivity index (χ4n) is 4.15. The van der Waals surface area contributed by atoms with Gasteiger partial charge in [0.25, 0.3) is 0 Å². The SMILES string of the molecule is c1ccc(/C(=N\OC2CCCC2)c2ccc(-c3ccc(-c4ccccc4)cc3)cn2)cc1. The molecule has 0 bridgehead atoms. The third-order valence-corrected chi connectivity index (χ3v) is 5.97. The monoisotopic (exact) mass is 418 g/mol. The second-order valence-corrected chi connectivity index (χ2v) is 8.19. The smallest absolute Gasteiger partial charge is 0.135 e. The first kappa shape index (κ1) is 20.2. The van der Waals surface area contributed by atoms with Crippen molar-refractivity contribution in [1.29, 1.82) is 0 Å². The molecule has 1 heterocycles. The van der Waals surface area contributed by atoms with Crippen molar-refractivity contribution in [3.8, 4) is 22.3 Å². The second kappa shape index (κ2) is 9.61. The van der Waals surface area contributed by atoms with E-state index in [2.05, 4.69) is 71.9 Å². The van der Waals surface area contributed by atoms with Gasteiger partial charge in [-0.15, -0.1) is 0 Å². The van der Waals surface area contributed by atoms with Gasteiger partial charge in [0.2, 0.25) is 0 Å². The molecule has 0 unspecified atom stereocenters. The molecular weight excluding hydrogens is 392 g/mol. The highest BCUT2D eigenvalue weighted by atomic mass is 16.6. The van der Waals surface area contributed by atoms with E-state index in [1.165, 1.54) is 24.0 Å². The Labute approximate surface area is 189 Å². The van der Waals surface area contributed by atoms with Gasteiger partial charge >= 0.3 is 0 Å². The van der Waals surface area contributed by atoms with Gasteiger partial charge in [-0.1, -0.05) is 96.2 Å². The number of hydrogen-bond donors (Lipinski definition) is 0. The average Bonchev–Trinajstić information content (AvgIpc) is 3.40. The summed E-state index contributed by atoms with van der Waals surface area (Å²) in [6.45, 7) is 0. The quantitative estimate of drug-likeness (QED) is 0.247. The van der Waals surface area contributed by atoms with Gasteiger partial charge in [-0.3, -0.25) is 4.98 Å². The Morgan fingerprint density at radius 2 is 1.22 bits per heavy atom. The van der Waals surface area contributed by atoms with Crippen LogP contribution >= 0.6 is 0 Å². The van der Waals surface area contributed by atoms with Crippen molar-refractivity contribution in [2.24, 2.45) is 5.16 Å². The van der Waals surface area contributed by atoms with E-state index in [0.717, 1.165) is 40.9 Å². The Kier molecular flexibility index (Phi) is 6.07. The van der Waals surface area contributed by atoms with Crippen LogP contribution in [0, 0.1) is 0 Å². The summed E-state index contributed by atoms with van der Waals surface area (Å²) in [4.78, 5) is 10.6. The highest BCUT2D eigenvalue weighted by Gasteiger charge is 2.17. The highest BCUT2D eigenvalue weighted by Crippen LogP contribution is 2.25. The van der Waals surface area contributed by atoms with Crippen molar-refractivity contribution < 1.29 is 4.84 Å². The molecule has 0 atom stereocenters. The van der Waals surface area contributed by atoms with Gasteiger partial charge in [-0.2, -0.15) is 0 Å². The fourth-order valence-corrected chi connectivity index (χ4v) is 4.15. The predicted octanol–water partition coefficient (Wildman–Crippen LogP) is 7.13. The molecule has 0 radical (unpaired) electrons. The molecule has 3 heteroatoms. The van der Waals surface area contributed by atoms with Crippen LogP contribution in [0.15, 0.2) is 108 Å².